The number of hydrogen-bond acceptors (Lipinski definition) is 3. The van der Waals surface area contributed by atoms with Gasteiger partial charge in [0.1, 0.15) is 6.04 Å². The van der Waals surface area contributed by atoms with E-state index < -0.39 is 6.04 Å². The van der Waals surface area contributed by atoms with Gasteiger partial charge in [-0.2, -0.15) is 0 Å². The molecule has 4 rings (SSSR count). The highest BCUT2D eigenvalue weighted by atomic mass is 16.2. The predicted molar refractivity (Wildman–Crippen MR) is 110 cm³/mol. The lowest BCUT2D eigenvalue weighted by molar-refractivity contribution is -0.122. The molecule has 2 aliphatic carbocycles. The van der Waals surface area contributed by atoms with Crippen LogP contribution in [0.4, 0.5) is 10.5 Å². The molecule has 2 bridgehead atoms. The quantitative estimate of drug-likeness (QED) is 0.768. The molecular weight excluding hydrogens is 352 g/mol. The molecule has 1 saturated carbocycles. The van der Waals surface area contributed by atoms with Crippen LogP contribution in [0.3, 0.4) is 0 Å². The maximum absolute atomic E-state index is 12.5. The van der Waals surface area contributed by atoms with Crippen molar-refractivity contribution < 1.29 is 9.59 Å². The molecule has 28 heavy (non-hydrogen) atoms. The van der Waals surface area contributed by atoms with Crippen LogP contribution in [-0.2, 0) is 4.79 Å². The SMILES string of the molecule is C[C@H](NC(=O)N1CCN(c2ccccc2)CC1)C(=O)NCC1CC2C=CC1C2. The maximum atomic E-state index is 12.5. The molecule has 0 aromatic heterocycles. The van der Waals surface area contributed by atoms with Gasteiger partial charge in [0.15, 0.2) is 0 Å². The Bertz CT molecular complexity index is 727. The number of amides is 3. The third kappa shape index (κ3) is 4.16. The number of piperazine rings is 1. The Morgan fingerprint density at radius 2 is 1.82 bits per heavy atom. The van der Waals surface area contributed by atoms with Gasteiger partial charge in [0, 0.05) is 38.4 Å². The van der Waals surface area contributed by atoms with Gasteiger partial charge in [-0.15, -0.1) is 0 Å². The molecule has 3 unspecified atom stereocenters. The molecule has 0 spiro atoms. The number of para-hydroxylation sites is 1. The zero-order valence-electron chi connectivity index (χ0n) is 16.5. The minimum Gasteiger partial charge on any atom is -0.368 e. The first kappa shape index (κ1) is 18.8. The van der Waals surface area contributed by atoms with Crippen LogP contribution < -0.4 is 15.5 Å². The van der Waals surface area contributed by atoms with E-state index in [-0.39, 0.29) is 11.9 Å². The van der Waals surface area contributed by atoms with E-state index in [1.54, 1.807) is 11.8 Å². The summed E-state index contributed by atoms with van der Waals surface area (Å²) in [5.41, 5.74) is 1.19. The zero-order valence-corrected chi connectivity index (χ0v) is 16.5. The van der Waals surface area contributed by atoms with E-state index in [0.717, 1.165) is 13.1 Å². The normalized spacial score (nSPS) is 27.0. The van der Waals surface area contributed by atoms with E-state index in [4.69, 9.17) is 0 Å². The molecule has 2 N–H and O–H groups in total. The highest BCUT2D eigenvalue weighted by Crippen LogP contribution is 2.42. The number of urea groups is 1. The number of anilines is 1. The second kappa shape index (κ2) is 8.25. The fourth-order valence-corrected chi connectivity index (χ4v) is 4.66. The van der Waals surface area contributed by atoms with Gasteiger partial charge in [0.05, 0.1) is 0 Å². The van der Waals surface area contributed by atoms with Crippen molar-refractivity contribution in [2.24, 2.45) is 17.8 Å². The number of carbonyl (C=O) groups is 2. The smallest absolute Gasteiger partial charge is 0.318 e. The lowest BCUT2D eigenvalue weighted by Crippen LogP contribution is -2.55. The minimum atomic E-state index is -0.520. The highest BCUT2D eigenvalue weighted by molar-refractivity contribution is 5.86. The second-order valence-corrected chi connectivity index (χ2v) is 8.27. The number of fused-ring (bicyclic) bond motifs is 2. The third-order valence-corrected chi connectivity index (χ3v) is 6.38. The number of carbonyl (C=O) groups excluding carboxylic acids is 2. The Morgan fingerprint density at radius 1 is 1.07 bits per heavy atom. The lowest BCUT2D eigenvalue weighted by atomic mass is 9.93. The molecule has 1 heterocycles. The zero-order chi connectivity index (χ0) is 19.5. The molecule has 4 atom stereocenters. The van der Waals surface area contributed by atoms with Crippen molar-refractivity contribution in [2.75, 3.05) is 37.6 Å². The van der Waals surface area contributed by atoms with Crippen LogP contribution in [-0.4, -0.2) is 55.6 Å². The molecule has 6 heteroatoms. The monoisotopic (exact) mass is 382 g/mol. The Kier molecular flexibility index (Phi) is 5.55. The Morgan fingerprint density at radius 3 is 2.46 bits per heavy atom. The first-order valence-corrected chi connectivity index (χ1v) is 10.4. The van der Waals surface area contributed by atoms with Crippen molar-refractivity contribution in [1.29, 1.82) is 0 Å². The Hall–Kier alpha value is -2.50. The van der Waals surface area contributed by atoms with E-state index in [1.807, 2.05) is 18.2 Å². The summed E-state index contributed by atoms with van der Waals surface area (Å²) >= 11 is 0. The molecule has 1 aromatic carbocycles. The summed E-state index contributed by atoms with van der Waals surface area (Å²) in [6.45, 7) is 5.39. The van der Waals surface area contributed by atoms with E-state index in [9.17, 15) is 9.59 Å². The summed E-state index contributed by atoms with van der Waals surface area (Å²) in [6.07, 6.45) is 7.02. The van der Waals surface area contributed by atoms with Crippen molar-refractivity contribution in [3.63, 3.8) is 0 Å². The first-order valence-electron chi connectivity index (χ1n) is 10.4. The number of hydrogen-bond donors (Lipinski definition) is 2. The third-order valence-electron chi connectivity index (χ3n) is 6.38. The molecule has 6 nitrogen and oxygen atoms in total. The van der Waals surface area contributed by atoms with Gasteiger partial charge in [0.2, 0.25) is 5.91 Å². The average Bonchev–Trinajstić information content (AvgIpc) is 3.36. The van der Waals surface area contributed by atoms with Crippen LogP contribution in [0.15, 0.2) is 42.5 Å². The summed E-state index contributed by atoms with van der Waals surface area (Å²) < 4.78 is 0. The molecule has 1 saturated heterocycles. The van der Waals surface area contributed by atoms with E-state index in [2.05, 4.69) is 39.8 Å². The predicted octanol–water partition coefficient (Wildman–Crippen LogP) is 2.24. The van der Waals surface area contributed by atoms with Crippen LogP contribution in [0.2, 0.25) is 0 Å². The summed E-state index contributed by atoms with van der Waals surface area (Å²) in [5.74, 6) is 1.78. The van der Waals surface area contributed by atoms with Crippen molar-refractivity contribution in [2.45, 2.75) is 25.8 Å². The van der Waals surface area contributed by atoms with Crippen molar-refractivity contribution in [3.8, 4) is 0 Å². The van der Waals surface area contributed by atoms with E-state index in [1.165, 1.54) is 18.5 Å². The van der Waals surface area contributed by atoms with Crippen LogP contribution in [0.25, 0.3) is 0 Å². The number of rotatable bonds is 5. The van der Waals surface area contributed by atoms with Crippen LogP contribution in [0.1, 0.15) is 19.8 Å². The van der Waals surface area contributed by atoms with Crippen LogP contribution in [0.5, 0.6) is 0 Å². The molecule has 3 aliphatic rings. The van der Waals surface area contributed by atoms with Gasteiger partial charge in [0.25, 0.3) is 0 Å². The summed E-state index contributed by atoms with van der Waals surface area (Å²) in [7, 11) is 0. The van der Waals surface area contributed by atoms with Crippen molar-refractivity contribution in [3.05, 3.63) is 42.5 Å². The van der Waals surface area contributed by atoms with Crippen molar-refractivity contribution >= 4 is 17.6 Å². The number of allylic oxidation sites excluding steroid dienone is 2. The standard InChI is InChI=1S/C22H30N4O2/c1-16(21(27)23-15-19-14-17-7-8-18(19)13-17)24-22(28)26-11-9-25(10-12-26)20-5-3-2-4-6-20/h2-8,16-19H,9-15H2,1H3,(H,23,27)(H,24,28)/t16-,17?,18?,19?/m0/s1. The summed E-state index contributed by atoms with van der Waals surface area (Å²) in [4.78, 5) is 29.0. The van der Waals surface area contributed by atoms with Gasteiger partial charge in [-0.3, -0.25) is 4.79 Å². The topological polar surface area (TPSA) is 64.7 Å². The molecule has 3 amide bonds. The van der Waals surface area contributed by atoms with E-state index >= 15 is 0 Å². The minimum absolute atomic E-state index is 0.0944. The fourth-order valence-electron chi connectivity index (χ4n) is 4.66. The Balaban J connectivity index is 1.19. The van der Waals surface area contributed by atoms with E-state index in [0.29, 0.717) is 37.4 Å². The highest BCUT2D eigenvalue weighted by Gasteiger charge is 2.35. The number of benzene rings is 1. The van der Waals surface area contributed by atoms with Crippen LogP contribution >= 0.6 is 0 Å². The van der Waals surface area contributed by atoms with Gasteiger partial charge < -0.3 is 20.4 Å². The van der Waals surface area contributed by atoms with Gasteiger partial charge in [-0.25, -0.2) is 4.79 Å². The molecule has 2 fully saturated rings. The lowest BCUT2D eigenvalue weighted by Gasteiger charge is -2.36. The van der Waals surface area contributed by atoms with Crippen molar-refractivity contribution in [1.82, 2.24) is 15.5 Å². The first-order chi connectivity index (χ1) is 13.6. The molecule has 0 radical (unpaired) electrons. The van der Waals surface area contributed by atoms with Gasteiger partial charge in [-0.1, -0.05) is 30.4 Å². The Labute approximate surface area is 167 Å². The van der Waals surface area contributed by atoms with Gasteiger partial charge in [-0.05, 0) is 49.7 Å². The molecule has 150 valence electrons. The largest absolute Gasteiger partial charge is 0.368 e. The number of nitrogens with zero attached hydrogens (tertiary/aromatic N) is 2. The number of nitrogens with one attached hydrogen (secondary N) is 2. The maximum Gasteiger partial charge on any atom is 0.318 e. The second-order valence-electron chi connectivity index (χ2n) is 8.27. The van der Waals surface area contributed by atoms with Crippen LogP contribution in [0, 0.1) is 17.8 Å². The summed E-state index contributed by atoms with van der Waals surface area (Å²) in [6, 6.07) is 9.58. The molecule has 1 aliphatic heterocycles. The van der Waals surface area contributed by atoms with Gasteiger partial charge >= 0.3 is 6.03 Å². The molecule has 1 aromatic rings. The fraction of sp³-hybridized carbons (Fsp3) is 0.545. The molecular formula is C22H30N4O2. The summed E-state index contributed by atoms with van der Waals surface area (Å²) in [5, 5.41) is 5.89. The average molecular weight is 383 g/mol.